The largest absolute Gasteiger partial charge is 0.466 e. The van der Waals surface area contributed by atoms with Gasteiger partial charge in [0, 0.05) is 32.1 Å². The number of anilines is 1. The minimum Gasteiger partial charge on any atom is -0.466 e. The summed E-state index contributed by atoms with van der Waals surface area (Å²) in [4.78, 5) is 27.6. The molecule has 0 amide bonds. The van der Waals surface area contributed by atoms with E-state index in [1.165, 1.54) is 6.92 Å². The predicted molar refractivity (Wildman–Crippen MR) is 108 cm³/mol. The average Bonchev–Trinajstić information content (AvgIpc) is 2.66. The molecule has 2 N–H and O–H groups in total. The Morgan fingerprint density at radius 1 is 1.14 bits per heavy atom. The van der Waals surface area contributed by atoms with Crippen LogP contribution in [0.4, 0.5) is 5.69 Å². The molecule has 8 nitrogen and oxygen atoms in total. The van der Waals surface area contributed by atoms with E-state index in [1.54, 1.807) is 26.0 Å². The average molecular weight is 406 g/mol. The molecule has 1 saturated carbocycles. The first-order valence-electron chi connectivity index (χ1n) is 9.71. The van der Waals surface area contributed by atoms with Crippen molar-refractivity contribution in [3.63, 3.8) is 0 Å². The lowest BCUT2D eigenvalue weighted by Crippen LogP contribution is -2.55. The number of nitrogens with zero attached hydrogens (tertiary/aromatic N) is 2. The molecular weight excluding hydrogens is 376 g/mol. The van der Waals surface area contributed by atoms with Gasteiger partial charge in [-0.25, -0.2) is 0 Å². The van der Waals surface area contributed by atoms with E-state index in [9.17, 15) is 19.9 Å². The minimum atomic E-state index is -1.57. The van der Waals surface area contributed by atoms with Gasteiger partial charge in [0.2, 0.25) is 0 Å². The Hall–Kier alpha value is -2.61. The Kier molecular flexibility index (Phi) is 7.24. The number of carbonyl (C=O) groups is 2. The maximum atomic E-state index is 12.8. The fraction of sp³-hybridized carbons (Fsp3) is 0.571. The van der Waals surface area contributed by atoms with Crippen LogP contribution in [-0.4, -0.2) is 60.9 Å². The molecule has 0 aliphatic heterocycles. The third kappa shape index (κ3) is 4.70. The number of rotatable bonds is 6. The molecule has 0 aromatic heterocycles. The van der Waals surface area contributed by atoms with Crippen LogP contribution >= 0.6 is 0 Å². The topological polar surface area (TPSA) is 109 Å². The van der Waals surface area contributed by atoms with Gasteiger partial charge in [0.05, 0.1) is 30.4 Å². The number of ether oxygens (including phenoxy) is 2. The molecule has 1 aliphatic rings. The maximum Gasteiger partial charge on any atom is 0.315 e. The highest BCUT2D eigenvalue weighted by Gasteiger charge is 2.56. The molecule has 1 aromatic carbocycles. The summed E-state index contributed by atoms with van der Waals surface area (Å²) in [6, 6.07) is 7.32. The SMILES string of the molecule is CCOC(=O)C1C(=NO)CC(C)(O)C(C(=O)OCC)C1c1ccc(N(C)C)cc1. The van der Waals surface area contributed by atoms with Gasteiger partial charge in [-0.2, -0.15) is 0 Å². The van der Waals surface area contributed by atoms with E-state index in [1.807, 2.05) is 31.1 Å². The normalized spacial score (nSPS) is 28.1. The quantitative estimate of drug-likeness (QED) is 0.423. The summed E-state index contributed by atoms with van der Waals surface area (Å²) in [5.41, 5.74) is 0.0954. The molecule has 160 valence electrons. The standard InChI is InChI=1S/C21H30N2O6/c1-6-28-19(24)17-15(22-27)12-21(3,26)18(20(25)29-7-2)16(17)13-8-10-14(11-9-13)23(4)5/h8-11,16-18,26-27H,6-7,12H2,1-5H3. The predicted octanol–water partition coefficient (Wildman–Crippen LogP) is 2.18. The molecule has 2 rings (SSSR count). The van der Waals surface area contributed by atoms with Crippen LogP contribution in [0.3, 0.4) is 0 Å². The van der Waals surface area contributed by atoms with Crippen LogP contribution in [0, 0.1) is 11.8 Å². The van der Waals surface area contributed by atoms with Crippen molar-refractivity contribution in [2.75, 3.05) is 32.2 Å². The van der Waals surface area contributed by atoms with Crippen LogP contribution in [0.5, 0.6) is 0 Å². The minimum absolute atomic E-state index is 0.0793. The number of hydrogen-bond acceptors (Lipinski definition) is 8. The van der Waals surface area contributed by atoms with Crippen molar-refractivity contribution in [3.05, 3.63) is 29.8 Å². The third-order valence-electron chi connectivity index (χ3n) is 5.29. The second-order valence-corrected chi connectivity index (χ2v) is 7.60. The van der Waals surface area contributed by atoms with Crippen LogP contribution in [0.2, 0.25) is 0 Å². The second kappa shape index (κ2) is 9.26. The summed E-state index contributed by atoms with van der Waals surface area (Å²) in [6.45, 7) is 5.13. The number of esters is 2. The first-order chi connectivity index (χ1) is 13.7. The van der Waals surface area contributed by atoms with Gasteiger partial charge in [-0.3, -0.25) is 9.59 Å². The molecule has 4 unspecified atom stereocenters. The third-order valence-corrected chi connectivity index (χ3v) is 5.29. The monoisotopic (exact) mass is 406 g/mol. The molecule has 8 heteroatoms. The fourth-order valence-electron chi connectivity index (χ4n) is 4.00. The molecule has 4 atom stereocenters. The number of aliphatic hydroxyl groups is 1. The number of oxime groups is 1. The van der Waals surface area contributed by atoms with Crippen molar-refractivity contribution in [1.29, 1.82) is 0 Å². The highest BCUT2D eigenvalue weighted by molar-refractivity contribution is 6.05. The van der Waals surface area contributed by atoms with Gasteiger partial charge in [-0.15, -0.1) is 0 Å². The van der Waals surface area contributed by atoms with Crippen molar-refractivity contribution in [1.82, 2.24) is 0 Å². The zero-order valence-electron chi connectivity index (χ0n) is 17.6. The van der Waals surface area contributed by atoms with Crippen LogP contribution in [0.25, 0.3) is 0 Å². The molecule has 0 heterocycles. The number of carbonyl (C=O) groups excluding carboxylic acids is 2. The van der Waals surface area contributed by atoms with E-state index in [0.717, 1.165) is 5.69 Å². The van der Waals surface area contributed by atoms with E-state index >= 15 is 0 Å². The van der Waals surface area contributed by atoms with Crippen LogP contribution in [0.1, 0.15) is 38.7 Å². The smallest absolute Gasteiger partial charge is 0.315 e. The molecule has 1 aromatic rings. The van der Waals surface area contributed by atoms with Gasteiger partial charge in [0.1, 0.15) is 5.92 Å². The molecule has 29 heavy (non-hydrogen) atoms. The number of benzene rings is 1. The van der Waals surface area contributed by atoms with Crippen LogP contribution < -0.4 is 4.90 Å². The highest BCUT2D eigenvalue weighted by Crippen LogP contribution is 2.47. The van der Waals surface area contributed by atoms with Gasteiger partial charge < -0.3 is 24.7 Å². The van der Waals surface area contributed by atoms with E-state index in [4.69, 9.17) is 9.47 Å². The molecule has 0 radical (unpaired) electrons. The Labute approximate surface area is 171 Å². The summed E-state index contributed by atoms with van der Waals surface area (Å²) in [5, 5.41) is 23.9. The molecule has 0 spiro atoms. The number of hydrogen-bond donors (Lipinski definition) is 2. The Balaban J connectivity index is 2.65. The lowest BCUT2D eigenvalue weighted by atomic mass is 9.61. The molecule has 0 saturated heterocycles. The lowest BCUT2D eigenvalue weighted by molar-refractivity contribution is -0.163. The van der Waals surface area contributed by atoms with Gasteiger partial charge in [0.25, 0.3) is 0 Å². The van der Waals surface area contributed by atoms with Crippen molar-refractivity contribution in [2.45, 2.75) is 38.7 Å². The van der Waals surface area contributed by atoms with Crippen molar-refractivity contribution < 1.29 is 29.4 Å². The van der Waals surface area contributed by atoms with Crippen molar-refractivity contribution in [3.8, 4) is 0 Å². The first-order valence-corrected chi connectivity index (χ1v) is 9.71. The summed E-state index contributed by atoms with van der Waals surface area (Å²) in [7, 11) is 3.81. The van der Waals surface area contributed by atoms with E-state index in [2.05, 4.69) is 5.16 Å². The van der Waals surface area contributed by atoms with Crippen molar-refractivity contribution in [2.24, 2.45) is 17.0 Å². The summed E-state index contributed by atoms with van der Waals surface area (Å²) in [6.07, 6.45) is -0.150. The van der Waals surface area contributed by atoms with Crippen LogP contribution in [-0.2, 0) is 19.1 Å². The van der Waals surface area contributed by atoms with E-state index < -0.39 is 35.3 Å². The molecular formula is C21H30N2O6. The highest BCUT2D eigenvalue weighted by atomic mass is 16.5. The van der Waals surface area contributed by atoms with Crippen molar-refractivity contribution >= 4 is 23.3 Å². The Bertz CT molecular complexity index is 757. The second-order valence-electron chi connectivity index (χ2n) is 7.60. The van der Waals surface area contributed by atoms with Gasteiger partial charge >= 0.3 is 11.9 Å². The zero-order chi connectivity index (χ0) is 21.8. The zero-order valence-corrected chi connectivity index (χ0v) is 17.6. The van der Waals surface area contributed by atoms with Gasteiger partial charge in [-0.05, 0) is 38.5 Å². The van der Waals surface area contributed by atoms with E-state index in [-0.39, 0.29) is 25.3 Å². The Morgan fingerprint density at radius 2 is 1.69 bits per heavy atom. The lowest BCUT2D eigenvalue weighted by Gasteiger charge is -2.44. The summed E-state index contributed by atoms with van der Waals surface area (Å²) in [5.74, 6) is -4.07. The summed E-state index contributed by atoms with van der Waals surface area (Å²) >= 11 is 0. The maximum absolute atomic E-state index is 12.8. The van der Waals surface area contributed by atoms with Gasteiger partial charge in [0.15, 0.2) is 0 Å². The molecule has 0 bridgehead atoms. The first kappa shape index (κ1) is 22.7. The Morgan fingerprint density at radius 3 is 2.17 bits per heavy atom. The summed E-state index contributed by atoms with van der Waals surface area (Å²) < 4.78 is 10.4. The van der Waals surface area contributed by atoms with E-state index in [0.29, 0.717) is 5.56 Å². The molecule has 1 fully saturated rings. The van der Waals surface area contributed by atoms with Gasteiger partial charge in [-0.1, -0.05) is 17.3 Å². The molecule has 1 aliphatic carbocycles. The van der Waals surface area contributed by atoms with Crippen LogP contribution in [0.15, 0.2) is 29.4 Å². The fourth-order valence-corrected chi connectivity index (χ4v) is 4.00.